The van der Waals surface area contributed by atoms with Crippen LogP contribution in [0.4, 0.5) is 0 Å². The van der Waals surface area contributed by atoms with Gasteiger partial charge in [-0.1, -0.05) is 18.9 Å². The van der Waals surface area contributed by atoms with E-state index in [-0.39, 0.29) is 17.1 Å². The van der Waals surface area contributed by atoms with Crippen molar-refractivity contribution in [2.75, 3.05) is 21.3 Å². The Labute approximate surface area is 167 Å². The quantitative estimate of drug-likeness (QED) is 0.596. The zero-order valence-electron chi connectivity index (χ0n) is 17.3. The van der Waals surface area contributed by atoms with Gasteiger partial charge in [0, 0.05) is 20.1 Å². The van der Waals surface area contributed by atoms with Crippen molar-refractivity contribution >= 4 is 5.78 Å². The van der Waals surface area contributed by atoms with Crippen molar-refractivity contribution in [1.82, 2.24) is 0 Å². The van der Waals surface area contributed by atoms with E-state index in [0.717, 1.165) is 43.8 Å². The maximum absolute atomic E-state index is 13.8. The number of fused-ring (bicyclic) bond motifs is 3. The van der Waals surface area contributed by atoms with Gasteiger partial charge in [-0.3, -0.25) is 4.79 Å². The summed E-state index contributed by atoms with van der Waals surface area (Å²) in [5.74, 6) is 3.22. The van der Waals surface area contributed by atoms with Crippen molar-refractivity contribution in [1.29, 1.82) is 0 Å². The van der Waals surface area contributed by atoms with Crippen LogP contribution in [0.1, 0.15) is 56.1 Å². The van der Waals surface area contributed by atoms with Gasteiger partial charge >= 0.3 is 0 Å². The Hall–Kier alpha value is -1.39. The molecule has 152 valence electrons. The Morgan fingerprint density at radius 1 is 1.18 bits per heavy atom. The maximum Gasteiger partial charge on any atom is 0.156 e. The number of ether oxygens (including phenoxy) is 3. The van der Waals surface area contributed by atoms with Gasteiger partial charge in [0.2, 0.25) is 0 Å². The van der Waals surface area contributed by atoms with Crippen molar-refractivity contribution in [3.63, 3.8) is 0 Å². The average Bonchev–Trinajstić information content (AvgIpc) is 3.61. The fourth-order valence-electron chi connectivity index (χ4n) is 6.71. The number of carbonyl (C=O) groups is 1. The summed E-state index contributed by atoms with van der Waals surface area (Å²) in [6.45, 7) is 0. The summed E-state index contributed by atoms with van der Waals surface area (Å²) in [5.41, 5.74) is 2.56. The first-order valence-corrected chi connectivity index (χ1v) is 10.9. The zero-order valence-corrected chi connectivity index (χ0v) is 17.3. The van der Waals surface area contributed by atoms with Crippen LogP contribution in [0.2, 0.25) is 0 Å². The fraction of sp³-hybridized carbons (Fsp3) is 0.708. The van der Waals surface area contributed by atoms with Gasteiger partial charge in [-0.05, 0) is 79.0 Å². The van der Waals surface area contributed by atoms with Crippen molar-refractivity contribution in [2.45, 2.75) is 63.1 Å². The Balaban J connectivity index is 1.45. The van der Waals surface area contributed by atoms with Gasteiger partial charge in [-0.15, -0.1) is 0 Å². The van der Waals surface area contributed by atoms with E-state index in [1.165, 1.54) is 30.4 Å². The molecule has 0 radical (unpaired) electrons. The molecule has 0 saturated heterocycles. The number of rotatable bonds is 9. The molecule has 2 bridgehead atoms. The molecule has 1 spiro atoms. The molecule has 0 aliphatic heterocycles. The van der Waals surface area contributed by atoms with Crippen LogP contribution in [0, 0.1) is 23.2 Å². The summed E-state index contributed by atoms with van der Waals surface area (Å²) in [4.78, 5) is 13.8. The molecule has 5 rings (SSSR count). The largest absolute Gasteiger partial charge is 0.497 e. The molecule has 4 nitrogen and oxygen atoms in total. The highest BCUT2D eigenvalue weighted by atomic mass is 16.7. The molecule has 4 aliphatic rings. The Morgan fingerprint density at radius 2 is 1.96 bits per heavy atom. The third-order valence-corrected chi connectivity index (χ3v) is 8.24. The standard InChI is InChI=1S/C24H32O4/c1-26-17-9-8-16-13-24-14-23(18(16)12-17,10-4-5-20(27-2)28-3)22(25)21(24)19(24)11-15-6-7-15/h8-9,12,15,19-21H,4-7,10-11,13-14H2,1-3H3/t19?,21-,23?,24?/m0/s1. The van der Waals surface area contributed by atoms with Crippen LogP contribution in [0.3, 0.4) is 0 Å². The lowest BCUT2D eigenvalue weighted by atomic mass is 9.63. The van der Waals surface area contributed by atoms with E-state index in [2.05, 4.69) is 18.2 Å². The molecule has 1 aromatic carbocycles. The van der Waals surface area contributed by atoms with Gasteiger partial charge in [-0.25, -0.2) is 0 Å². The highest BCUT2D eigenvalue weighted by Gasteiger charge is 2.78. The van der Waals surface area contributed by atoms with Crippen molar-refractivity contribution in [2.24, 2.45) is 23.2 Å². The number of ketones is 1. The molecule has 0 amide bonds. The number of methoxy groups -OCH3 is 3. The third kappa shape index (κ3) is 2.60. The molecule has 3 fully saturated rings. The lowest BCUT2D eigenvalue weighted by molar-refractivity contribution is -0.126. The lowest BCUT2D eigenvalue weighted by Gasteiger charge is -2.39. The number of benzene rings is 1. The Bertz CT molecular complexity index is 781. The molecule has 1 aromatic rings. The van der Waals surface area contributed by atoms with Crippen molar-refractivity contribution in [3.05, 3.63) is 29.3 Å². The second-order valence-electron chi connectivity index (χ2n) is 9.61. The summed E-state index contributed by atoms with van der Waals surface area (Å²) >= 11 is 0. The lowest BCUT2D eigenvalue weighted by Crippen LogP contribution is -2.39. The van der Waals surface area contributed by atoms with Crippen LogP contribution in [0.25, 0.3) is 0 Å². The first kappa shape index (κ1) is 18.6. The van der Waals surface area contributed by atoms with Crippen molar-refractivity contribution in [3.8, 4) is 5.75 Å². The van der Waals surface area contributed by atoms with Crippen LogP contribution in [-0.2, 0) is 26.1 Å². The normalized spacial score (nSPS) is 35.1. The van der Waals surface area contributed by atoms with E-state index in [0.29, 0.717) is 17.6 Å². The van der Waals surface area contributed by atoms with Gasteiger partial charge in [0.15, 0.2) is 6.29 Å². The molecule has 0 N–H and O–H groups in total. The summed E-state index contributed by atoms with van der Waals surface area (Å²) in [6, 6.07) is 6.43. The van der Waals surface area contributed by atoms with Gasteiger partial charge in [0.05, 0.1) is 12.5 Å². The fourth-order valence-corrected chi connectivity index (χ4v) is 6.71. The van der Waals surface area contributed by atoms with Crippen LogP contribution < -0.4 is 4.74 Å². The molecule has 0 heterocycles. The minimum Gasteiger partial charge on any atom is -0.497 e. The molecule has 3 unspecified atom stereocenters. The number of carbonyl (C=O) groups excluding carboxylic acids is 1. The second kappa shape index (κ2) is 6.56. The summed E-state index contributed by atoms with van der Waals surface area (Å²) in [7, 11) is 5.07. The van der Waals surface area contributed by atoms with Gasteiger partial charge in [-0.2, -0.15) is 0 Å². The molecule has 0 aromatic heterocycles. The first-order chi connectivity index (χ1) is 13.6. The van der Waals surface area contributed by atoms with Crippen LogP contribution in [-0.4, -0.2) is 33.4 Å². The zero-order chi connectivity index (χ0) is 19.5. The van der Waals surface area contributed by atoms with E-state index in [9.17, 15) is 4.79 Å². The van der Waals surface area contributed by atoms with E-state index in [1.807, 2.05) is 0 Å². The molecule has 28 heavy (non-hydrogen) atoms. The summed E-state index contributed by atoms with van der Waals surface area (Å²) in [6.07, 6.45) is 8.63. The van der Waals surface area contributed by atoms with E-state index < -0.39 is 0 Å². The highest BCUT2D eigenvalue weighted by molar-refractivity contribution is 6.00. The van der Waals surface area contributed by atoms with Gasteiger partial charge < -0.3 is 14.2 Å². The minimum absolute atomic E-state index is 0.188. The molecule has 4 atom stereocenters. The number of hydrogen-bond acceptors (Lipinski definition) is 4. The average molecular weight is 385 g/mol. The monoisotopic (exact) mass is 384 g/mol. The molecule has 3 saturated carbocycles. The maximum atomic E-state index is 13.8. The molecular formula is C24H32O4. The SMILES string of the molecule is COc1ccc2c(c1)C1(CCCC(OC)OC)CC3(C2)C(CC2CC2)[C@H]3C1=O. The Morgan fingerprint density at radius 3 is 2.64 bits per heavy atom. The molecule has 4 aliphatic carbocycles. The summed E-state index contributed by atoms with van der Waals surface area (Å²) < 4.78 is 16.2. The van der Waals surface area contributed by atoms with Crippen LogP contribution in [0.15, 0.2) is 18.2 Å². The van der Waals surface area contributed by atoms with E-state index >= 15 is 0 Å². The van der Waals surface area contributed by atoms with Crippen LogP contribution >= 0.6 is 0 Å². The second-order valence-corrected chi connectivity index (χ2v) is 9.61. The molecular weight excluding hydrogens is 352 g/mol. The molecule has 4 heteroatoms. The van der Waals surface area contributed by atoms with Gasteiger partial charge in [0.25, 0.3) is 0 Å². The first-order valence-electron chi connectivity index (χ1n) is 10.9. The third-order valence-electron chi connectivity index (χ3n) is 8.24. The number of Topliss-reactive ketones (excluding diaryl/α,β-unsaturated/α-hetero) is 1. The smallest absolute Gasteiger partial charge is 0.156 e. The van der Waals surface area contributed by atoms with Crippen LogP contribution in [0.5, 0.6) is 5.75 Å². The summed E-state index contributed by atoms with van der Waals surface area (Å²) in [5, 5.41) is 0. The van der Waals surface area contributed by atoms with Crippen molar-refractivity contribution < 1.29 is 19.0 Å². The van der Waals surface area contributed by atoms with Gasteiger partial charge in [0.1, 0.15) is 11.5 Å². The van der Waals surface area contributed by atoms with E-state index in [4.69, 9.17) is 14.2 Å². The topological polar surface area (TPSA) is 44.8 Å². The predicted molar refractivity (Wildman–Crippen MR) is 106 cm³/mol. The Kier molecular flexibility index (Phi) is 4.37. The predicted octanol–water partition coefficient (Wildman–Crippen LogP) is 4.28. The number of hydrogen-bond donors (Lipinski definition) is 0. The van der Waals surface area contributed by atoms with E-state index in [1.54, 1.807) is 21.3 Å². The highest BCUT2D eigenvalue weighted by Crippen LogP contribution is 2.78. The minimum atomic E-state index is -0.321.